The Morgan fingerprint density at radius 3 is 1.91 bits per heavy atom. The monoisotopic (exact) mass is 620 g/mol. The SMILES string of the molecule is COCCN(c1ccccc1)c1ccc(C(=C2C=CC(=[N+](CCOC)c3ccccc3)C=C2)c2ccccc2S(=O)(=O)[O-])cc1. The second-order valence-corrected chi connectivity index (χ2v) is 11.7. The van der Waals surface area contributed by atoms with Crippen molar-refractivity contribution >= 4 is 38.5 Å². The minimum Gasteiger partial charge on any atom is -0.744 e. The molecule has 0 bridgehead atoms. The summed E-state index contributed by atoms with van der Waals surface area (Å²) < 4.78 is 50.2. The topological polar surface area (TPSA) is 81.9 Å². The normalized spacial score (nSPS) is 12.8. The predicted molar refractivity (Wildman–Crippen MR) is 179 cm³/mol. The van der Waals surface area contributed by atoms with E-state index in [1.807, 2.05) is 109 Å². The molecule has 8 heteroatoms. The fourth-order valence-corrected chi connectivity index (χ4v) is 6.07. The summed E-state index contributed by atoms with van der Waals surface area (Å²) in [5.41, 5.74) is 6.53. The smallest absolute Gasteiger partial charge is 0.205 e. The van der Waals surface area contributed by atoms with Gasteiger partial charge in [0.15, 0.2) is 6.54 Å². The Kier molecular flexibility index (Phi) is 10.5. The maximum absolute atomic E-state index is 12.4. The van der Waals surface area contributed by atoms with Gasteiger partial charge in [0.25, 0.3) is 0 Å². The van der Waals surface area contributed by atoms with Crippen molar-refractivity contribution in [3.8, 4) is 0 Å². The van der Waals surface area contributed by atoms with Gasteiger partial charge in [-0.3, -0.25) is 0 Å². The number of nitrogens with zero attached hydrogens (tertiary/aromatic N) is 2. The van der Waals surface area contributed by atoms with Gasteiger partial charge in [0.1, 0.15) is 16.7 Å². The molecule has 0 N–H and O–H groups in total. The van der Waals surface area contributed by atoms with Crippen LogP contribution >= 0.6 is 0 Å². The number of benzene rings is 4. The minimum absolute atomic E-state index is 0.259. The third kappa shape index (κ3) is 7.74. The van der Waals surface area contributed by atoms with Gasteiger partial charge >= 0.3 is 0 Å². The summed E-state index contributed by atoms with van der Waals surface area (Å²) in [4.78, 5) is 1.90. The highest BCUT2D eigenvalue weighted by Gasteiger charge is 2.21. The Hall–Kier alpha value is -4.60. The molecule has 4 aromatic rings. The lowest BCUT2D eigenvalue weighted by atomic mass is 9.90. The number of methoxy groups -OCH3 is 2. The van der Waals surface area contributed by atoms with Gasteiger partial charge in [-0.2, -0.15) is 4.58 Å². The molecule has 45 heavy (non-hydrogen) atoms. The number of rotatable bonds is 12. The van der Waals surface area contributed by atoms with Crippen molar-refractivity contribution in [1.29, 1.82) is 0 Å². The average Bonchev–Trinajstić information content (AvgIpc) is 3.07. The summed E-state index contributed by atoms with van der Waals surface area (Å²) in [7, 11) is -1.39. The summed E-state index contributed by atoms with van der Waals surface area (Å²) in [6.07, 6.45) is 7.93. The molecule has 0 radical (unpaired) electrons. The molecular formula is C37H36N2O5S. The Balaban J connectivity index is 1.63. The van der Waals surface area contributed by atoms with E-state index in [2.05, 4.69) is 9.48 Å². The summed E-state index contributed by atoms with van der Waals surface area (Å²) >= 11 is 0. The highest BCUT2D eigenvalue weighted by atomic mass is 32.2. The molecule has 1 aliphatic rings. The minimum atomic E-state index is -4.75. The van der Waals surface area contributed by atoms with Crippen LogP contribution in [0.4, 0.5) is 17.1 Å². The molecule has 0 aromatic heterocycles. The lowest BCUT2D eigenvalue weighted by molar-refractivity contribution is -0.443. The Morgan fingerprint density at radius 1 is 0.711 bits per heavy atom. The van der Waals surface area contributed by atoms with Crippen LogP contribution in [0.25, 0.3) is 5.57 Å². The molecule has 0 fully saturated rings. The van der Waals surface area contributed by atoms with E-state index in [1.165, 1.54) is 6.07 Å². The van der Waals surface area contributed by atoms with Gasteiger partial charge in [0, 0.05) is 62.0 Å². The van der Waals surface area contributed by atoms with Crippen LogP contribution in [0.15, 0.2) is 144 Å². The molecule has 0 atom stereocenters. The van der Waals surface area contributed by atoms with Crippen molar-refractivity contribution < 1.29 is 27.0 Å². The van der Waals surface area contributed by atoms with E-state index >= 15 is 0 Å². The summed E-state index contributed by atoms with van der Waals surface area (Å²) in [6, 6.07) is 34.4. The summed E-state index contributed by atoms with van der Waals surface area (Å²) in [5.74, 6) is 0. The van der Waals surface area contributed by atoms with Crippen molar-refractivity contribution in [2.24, 2.45) is 0 Å². The van der Waals surface area contributed by atoms with Crippen molar-refractivity contribution in [3.05, 3.63) is 150 Å². The second-order valence-electron chi connectivity index (χ2n) is 10.4. The van der Waals surface area contributed by atoms with Crippen LogP contribution in [0.2, 0.25) is 0 Å². The maximum Gasteiger partial charge on any atom is 0.205 e. The van der Waals surface area contributed by atoms with Crippen LogP contribution in [0.5, 0.6) is 0 Å². The van der Waals surface area contributed by atoms with E-state index in [4.69, 9.17) is 9.47 Å². The highest BCUT2D eigenvalue weighted by Crippen LogP contribution is 2.35. The van der Waals surface area contributed by atoms with E-state index in [9.17, 15) is 13.0 Å². The Morgan fingerprint density at radius 2 is 1.29 bits per heavy atom. The third-order valence-corrected chi connectivity index (χ3v) is 8.43. The van der Waals surface area contributed by atoms with Crippen LogP contribution in [0.3, 0.4) is 0 Å². The molecule has 0 heterocycles. The first-order valence-corrected chi connectivity index (χ1v) is 16.1. The highest BCUT2D eigenvalue weighted by molar-refractivity contribution is 7.85. The number of hydrogen-bond acceptors (Lipinski definition) is 6. The molecule has 0 saturated carbocycles. The van der Waals surface area contributed by atoms with Gasteiger partial charge < -0.3 is 18.9 Å². The van der Waals surface area contributed by atoms with Crippen molar-refractivity contribution in [2.45, 2.75) is 4.90 Å². The van der Waals surface area contributed by atoms with Crippen LogP contribution in [0.1, 0.15) is 11.1 Å². The van der Waals surface area contributed by atoms with E-state index in [-0.39, 0.29) is 4.90 Å². The molecule has 7 nitrogen and oxygen atoms in total. The number of allylic oxidation sites excluding steroid dienone is 5. The van der Waals surface area contributed by atoms with Gasteiger partial charge in [-0.15, -0.1) is 0 Å². The fourth-order valence-electron chi connectivity index (χ4n) is 5.38. The molecule has 1 aliphatic carbocycles. The summed E-state index contributed by atoms with van der Waals surface area (Å²) in [5, 5.41) is 0. The first-order valence-electron chi connectivity index (χ1n) is 14.7. The number of hydrogen-bond donors (Lipinski definition) is 0. The molecule has 230 valence electrons. The van der Waals surface area contributed by atoms with E-state index in [0.717, 1.165) is 33.9 Å². The van der Waals surface area contributed by atoms with E-state index in [1.54, 1.807) is 32.4 Å². The van der Waals surface area contributed by atoms with Gasteiger partial charge in [-0.25, -0.2) is 8.42 Å². The predicted octanol–water partition coefficient (Wildman–Crippen LogP) is 6.73. The van der Waals surface area contributed by atoms with Crippen LogP contribution in [0, 0.1) is 0 Å². The quantitative estimate of drug-likeness (QED) is 0.129. The largest absolute Gasteiger partial charge is 0.744 e. The van der Waals surface area contributed by atoms with Crippen molar-refractivity contribution in [1.82, 2.24) is 0 Å². The zero-order valence-corrected chi connectivity index (χ0v) is 26.2. The molecule has 0 amide bonds. The average molecular weight is 621 g/mol. The summed E-state index contributed by atoms with van der Waals surface area (Å²) in [6.45, 7) is 2.38. The molecule has 0 spiro atoms. The van der Waals surface area contributed by atoms with Gasteiger partial charge in [0.05, 0.1) is 11.5 Å². The molecule has 4 aromatic carbocycles. The lowest BCUT2D eigenvalue weighted by Crippen LogP contribution is -2.21. The van der Waals surface area contributed by atoms with Crippen LogP contribution in [-0.2, 0) is 19.6 Å². The van der Waals surface area contributed by atoms with E-state index in [0.29, 0.717) is 37.4 Å². The molecule has 0 unspecified atom stereocenters. The lowest BCUT2D eigenvalue weighted by Gasteiger charge is -2.25. The van der Waals surface area contributed by atoms with Crippen LogP contribution in [-0.4, -0.2) is 63.8 Å². The standard InChI is InChI=1S/C37H36N2O5S/c1-43-27-25-38(31-11-5-3-6-12-31)33-21-17-29(18-22-33)37(35-15-9-10-16-36(35)45(40,41)42)30-19-23-34(24-20-30)39(26-28-44-2)32-13-7-4-8-14-32/h3-24H,25-28H2,1-2H3. The first kappa shape index (κ1) is 31.8. The van der Waals surface area contributed by atoms with E-state index < -0.39 is 10.1 Å². The molecule has 0 aliphatic heterocycles. The number of ether oxygens (including phenoxy) is 2. The van der Waals surface area contributed by atoms with Gasteiger partial charge in [0.2, 0.25) is 11.4 Å². The zero-order valence-electron chi connectivity index (χ0n) is 25.4. The van der Waals surface area contributed by atoms with Crippen molar-refractivity contribution in [3.63, 3.8) is 0 Å². The first-order chi connectivity index (χ1) is 21.9. The number of para-hydroxylation sites is 2. The van der Waals surface area contributed by atoms with Gasteiger partial charge in [-0.1, -0.05) is 66.7 Å². The zero-order chi connectivity index (χ0) is 31.6. The Labute approximate surface area is 265 Å². The van der Waals surface area contributed by atoms with Crippen molar-refractivity contribution in [2.75, 3.05) is 45.4 Å². The number of anilines is 2. The van der Waals surface area contributed by atoms with Gasteiger partial charge in [-0.05, 0) is 59.2 Å². The maximum atomic E-state index is 12.4. The molecule has 0 saturated heterocycles. The third-order valence-electron chi connectivity index (χ3n) is 7.53. The van der Waals surface area contributed by atoms with Crippen LogP contribution < -0.4 is 4.90 Å². The second kappa shape index (κ2) is 14.9. The molecular weight excluding hydrogens is 584 g/mol. The Bertz CT molecular complexity index is 1810. The molecule has 5 rings (SSSR count). The fraction of sp³-hybridized carbons (Fsp3) is 0.162.